The lowest BCUT2D eigenvalue weighted by Crippen LogP contribution is -2.42. The van der Waals surface area contributed by atoms with Crippen LogP contribution in [0.4, 0.5) is 0 Å². The van der Waals surface area contributed by atoms with E-state index in [9.17, 15) is 9.90 Å². The van der Waals surface area contributed by atoms with Crippen molar-refractivity contribution in [2.24, 2.45) is 17.3 Å². The molecule has 0 heterocycles. The van der Waals surface area contributed by atoms with Crippen LogP contribution in [0, 0.1) is 17.3 Å². The fraction of sp³-hybridized carbons (Fsp3) is 0.933. The van der Waals surface area contributed by atoms with Gasteiger partial charge in [0, 0.05) is 12.5 Å². The van der Waals surface area contributed by atoms with Crippen LogP contribution in [0.5, 0.6) is 0 Å². The molecule has 0 aromatic carbocycles. The van der Waals surface area contributed by atoms with Gasteiger partial charge < -0.3 is 10.4 Å². The molecule has 0 aliphatic heterocycles. The molecule has 0 radical (unpaired) electrons. The number of hydrogen-bond donors (Lipinski definition) is 2. The standard InChI is InChI=1S/C15H29NO2/c1-14(2,3)12-8-6-11(7-9-12)13(17)16-10-15(4,5)18/h11-12,18H,6-10H2,1-5H3,(H,16,17). The molecular formula is C15H29NO2. The number of carbonyl (C=O) groups is 1. The Bertz CT molecular complexity index is 278. The van der Waals surface area contributed by atoms with Gasteiger partial charge in [-0.1, -0.05) is 20.8 Å². The highest BCUT2D eigenvalue weighted by Crippen LogP contribution is 2.39. The number of rotatable bonds is 3. The zero-order chi connectivity index (χ0) is 14.0. The van der Waals surface area contributed by atoms with Gasteiger partial charge in [-0.2, -0.15) is 0 Å². The minimum Gasteiger partial charge on any atom is -0.389 e. The van der Waals surface area contributed by atoms with Gasteiger partial charge in [-0.25, -0.2) is 0 Å². The molecule has 0 unspecified atom stereocenters. The van der Waals surface area contributed by atoms with Crippen LogP contribution < -0.4 is 5.32 Å². The van der Waals surface area contributed by atoms with Gasteiger partial charge in [-0.05, 0) is 50.9 Å². The normalized spacial score (nSPS) is 25.9. The first-order chi connectivity index (χ1) is 8.09. The fourth-order valence-electron chi connectivity index (χ4n) is 2.67. The molecule has 106 valence electrons. The Labute approximate surface area is 111 Å². The second-order valence-electron chi connectivity index (χ2n) is 7.44. The van der Waals surface area contributed by atoms with Crippen molar-refractivity contribution in [2.75, 3.05) is 6.54 Å². The summed E-state index contributed by atoms with van der Waals surface area (Å²) in [6, 6.07) is 0. The molecule has 0 aromatic rings. The second kappa shape index (κ2) is 5.60. The lowest BCUT2D eigenvalue weighted by molar-refractivity contribution is -0.127. The molecule has 3 nitrogen and oxygen atoms in total. The summed E-state index contributed by atoms with van der Waals surface area (Å²) in [4.78, 5) is 12.0. The Morgan fingerprint density at radius 3 is 2.00 bits per heavy atom. The summed E-state index contributed by atoms with van der Waals surface area (Å²) >= 11 is 0. The van der Waals surface area contributed by atoms with Crippen molar-refractivity contribution in [3.05, 3.63) is 0 Å². The van der Waals surface area contributed by atoms with Crippen LogP contribution in [0.15, 0.2) is 0 Å². The van der Waals surface area contributed by atoms with Crippen molar-refractivity contribution < 1.29 is 9.90 Å². The summed E-state index contributed by atoms with van der Waals surface area (Å²) in [5.74, 6) is 0.992. The van der Waals surface area contributed by atoms with Crippen LogP contribution >= 0.6 is 0 Å². The highest BCUT2D eigenvalue weighted by molar-refractivity contribution is 5.78. The number of nitrogens with one attached hydrogen (secondary N) is 1. The van der Waals surface area contributed by atoms with Gasteiger partial charge in [0.1, 0.15) is 0 Å². The zero-order valence-electron chi connectivity index (χ0n) is 12.5. The molecule has 0 bridgehead atoms. The Hall–Kier alpha value is -0.570. The highest BCUT2D eigenvalue weighted by Gasteiger charge is 2.32. The molecule has 18 heavy (non-hydrogen) atoms. The van der Waals surface area contributed by atoms with Gasteiger partial charge in [-0.3, -0.25) is 4.79 Å². The smallest absolute Gasteiger partial charge is 0.223 e. The van der Waals surface area contributed by atoms with Gasteiger partial charge in [0.25, 0.3) is 0 Å². The summed E-state index contributed by atoms with van der Waals surface area (Å²) in [6.45, 7) is 10.6. The molecule has 2 N–H and O–H groups in total. The minimum absolute atomic E-state index is 0.115. The number of amides is 1. The Balaban J connectivity index is 2.37. The van der Waals surface area contributed by atoms with Gasteiger partial charge >= 0.3 is 0 Å². The molecule has 0 spiro atoms. The molecule has 0 aromatic heterocycles. The summed E-state index contributed by atoms with van der Waals surface area (Å²) in [5.41, 5.74) is -0.465. The second-order valence-corrected chi connectivity index (χ2v) is 7.44. The van der Waals surface area contributed by atoms with Crippen LogP contribution in [0.3, 0.4) is 0 Å². The van der Waals surface area contributed by atoms with Gasteiger partial charge in [0.05, 0.1) is 5.60 Å². The molecule has 1 aliphatic carbocycles. The lowest BCUT2D eigenvalue weighted by atomic mass is 9.69. The van der Waals surface area contributed by atoms with E-state index in [1.54, 1.807) is 13.8 Å². The summed E-state index contributed by atoms with van der Waals surface area (Å²) in [5, 5.41) is 12.5. The van der Waals surface area contributed by atoms with E-state index in [1.807, 2.05) is 0 Å². The maximum atomic E-state index is 12.0. The van der Waals surface area contributed by atoms with Crippen LogP contribution in [0.2, 0.25) is 0 Å². The van der Waals surface area contributed by atoms with Crippen molar-refractivity contribution in [1.82, 2.24) is 5.32 Å². The third kappa shape index (κ3) is 4.97. The lowest BCUT2D eigenvalue weighted by Gasteiger charge is -2.36. The van der Waals surface area contributed by atoms with Crippen molar-refractivity contribution in [3.63, 3.8) is 0 Å². The summed E-state index contributed by atoms with van der Waals surface area (Å²) in [7, 11) is 0. The third-order valence-corrected chi connectivity index (χ3v) is 4.02. The predicted octanol–water partition coefficient (Wildman–Crippen LogP) is 2.73. The molecule has 3 heteroatoms. The van der Waals surface area contributed by atoms with E-state index in [2.05, 4.69) is 26.1 Å². The van der Waals surface area contributed by atoms with Crippen molar-refractivity contribution >= 4 is 5.91 Å². The van der Waals surface area contributed by atoms with Crippen LogP contribution in [0.1, 0.15) is 60.3 Å². The molecule has 0 saturated heterocycles. The Kier molecular flexibility index (Phi) is 4.82. The average Bonchev–Trinajstić information content (AvgIpc) is 2.24. The van der Waals surface area contributed by atoms with E-state index in [4.69, 9.17) is 0 Å². The first-order valence-corrected chi connectivity index (χ1v) is 7.10. The topological polar surface area (TPSA) is 49.3 Å². The molecule has 0 atom stereocenters. The van der Waals surface area contributed by atoms with Crippen LogP contribution in [-0.2, 0) is 4.79 Å². The number of hydrogen-bond acceptors (Lipinski definition) is 2. The Morgan fingerprint density at radius 2 is 1.61 bits per heavy atom. The maximum absolute atomic E-state index is 12.0. The quantitative estimate of drug-likeness (QED) is 0.814. The number of aliphatic hydroxyl groups is 1. The largest absolute Gasteiger partial charge is 0.389 e. The highest BCUT2D eigenvalue weighted by atomic mass is 16.3. The van der Waals surface area contributed by atoms with Crippen LogP contribution in [0.25, 0.3) is 0 Å². The van der Waals surface area contributed by atoms with Gasteiger partial charge in [0.15, 0.2) is 0 Å². The van der Waals surface area contributed by atoms with Crippen molar-refractivity contribution in [2.45, 2.75) is 65.9 Å². The molecule has 1 rings (SSSR count). The van der Waals surface area contributed by atoms with E-state index in [0.717, 1.165) is 31.6 Å². The predicted molar refractivity (Wildman–Crippen MR) is 74.2 cm³/mol. The molecule has 1 amide bonds. The van der Waals surface area contributed by atoms with E-state index >= 15 is 0 Å². The number of carbonyl (C=O) groups excluding carboxylic acids is 1. The first kappa shape index (κ1) is 15.5. The van der Waals surface area contributed by atoms with E-state index in [1.165, 1.54) is 0 Å². The SMILES string of the molecule is CC(C)(O)CNC(=O)C1CCC(C(C)(C)C)CC1. The fourth-order valence-corrected chi connectivity index (χ4v) is 2.67. The van der Waals surface area contributed by atoms with Gasteiger partial charge in [-0.15, -0.1) is 0 Å². The first-order valence-electron chi connectivity index (χ1n) is 7.10. The van der Waals surface area contributed by atoms with Crippen molar-refractivity contribution in [3.8, 4) is 0 Å². The maximum Gasteiger partial charge on any atom is 0.223 e. The molecular weight excluding hydrogens is 226 g/mol. The summed E-state index contributed by atoms with van der Waals surface area (Å²) in [6.07, 6.45) is 4.26. The van der Waals surface area contributed by atoms with E-state index < -0.39 is 5.60 Å². The average molecular weight is 255 g/mol. The zero-order valence-corrected chi connectivity index (χ0v) is 12.5. The third-order valence-electron chi connectivity index (χ3n) is 4.02. The minimum atomic E-state index is -0.821. The Morgan fingerprint density at radius 1 is 1.11 bits per heavy atom. The molecule has 1 saturated carbocycles. The van der Waals surface area contributed by atoms with E-state index in [0.29, 0.717) is 12.0 Å². The van der Waals surface area contributed by atoms with Crippen molar-refractivity contribution in [1.29, 1.82) is 0 Å². The summed E-state index contributed by atoms with van der Waals surface area (Å²) < 4.78 is 0. The monoisotopic (exact) mass is 255 g/mol. The van der Waals surface area contributed by atoms with E-state index in [-0.39, 0.29) is 11.8 Å². The molecule has 1 fully saturated rings. The van der Waals surface area contributed by atoms with Crippen LogP contribution in [-0.4, -0.2) is 23.2 Å². The molecule has 1 aliphatic rings. The van der Waals surface area contributed by atoms with Gasteiger partial charge in [0.2, 0.25) is 5.91 Å².